The van der Waals surface area contributed by atoms with Gasteiger partial charge < -0.3 is 4.74 Å². The third-order valence-electron chi connectivity index (χ3n) is 6.60. The Kier molecular flexibility index (Phi) is 3.97. The van der Waals surface area contributed by atoms with E-state index in [2.05, 4.69) is 0 Å². The standard InChI is InChI=1S/C19H22B2F2O/c20-19(21,17(22)23)24-14-7-6-13-10-12-4-3-9-18(16(13)11-14)8-2-1-5-15(12)18/h6-7,11-12,15,17H,1-5,8-10H2/t12-,15+,18-/m0/s1. The van der Waals surface area contributed by atoms with Gasteiger partial charge in [0.2, 0.25) is 0 Å². The van der Waals surface area contributed by atoms with Crippen molar-refractivity contribution >= 4 is 15.7 Å². The molecule has 0 spiro atoms. The van der Waals surface area contributed by atoms with Crippen molar-refractivity contribution < 1.29 is 13.5 Å². The molecule has 5 heteroatoms. The second-order valence-corrected chi connectivity index (χ2v) is 7.94. The first-order chi connectivity index (χ1) is 11.4. The lowest BCUT2D eigenvalue weighted by Gasteiger charge is -2.55. The van der Waals surface area contributed by atoms with Crippen LogP contribution in [0.3, 0.4) is 0 Å². The molecule has 0 aromatic heterocycles. The summed E-state index contributed by atoms with van der Waals surface area (Å²) in [4.78, 5) is 0. The van der Waals surface area contributed by atoms with Crippen LogP contribution in [0.2, 0.25) is 0 Å². The smallest absolute Gasteiger partial charge is 0.259 e. The van der Waals surface area contributed by atoms with Crippen molar-refractivity contribution in [2.24, 2.45) is 11.8 Å². The fourth-order valence-electron chi connectivity index (χ4n) is 5.65. The topological polar surface area (TPSA) is 9.23 Å². The number of hydrogen-bond acceptors (Lipinski definition) is 1. The largest absolute Gasteiger partial charge is 0.501 e. The number of fused-ring (bicyclic) bond motifs is 1. The van der Waals surface area contributed by atoms with Crippen molar-refractivity contribution in [1.82, 2.24) is 0 Å². The molecule has 0 N–H and O–H groups in total. The lowest BCUT2D eigenvalue weighted by Crippen LogP contribution is -2.49. The summed E-state index contributed by atoms with van der Waals surface area (Å²) in [7, 11) is 10.8. The van der Waals surface area contributed by atoms with E-state index >= 15 is 0 Å². The second-order valence-electron chi connectivity index (χ2n) is 7.94. The van der Waals surface area contributed by atoms with Gasteiger partial charge in [-0.05, 0) is 72.6 Å². The maximum atomic E-state index is 12.9. The third kappa shape index (κ3) is 2.50. The molecule has 24 heavy (non-hydrogen) atoms. The van der Waals surface area contributed by atoms with Crippen LogP contribution in [0, 0.1) is 11.8 Å². The van der Waals surface area contributed by atoms with E-state index in [9.17, 15) is 8.78 Å². The Bertz CT molecular complexity index is 630. The summed E-state index contributed by atoms with van der Waals surface area (Å²) in [6, 6.07) is 5.73. The van der Waals surface area contributed by atoms with Gasteiger partial charge in [0.25, 0.3) is 6.43 Å². The molecule has 2 fully saturated rings. The van der Waals surface area contributed by atoms with Gasteiger partial charge in [-0.2, -0.15) is 0 Å². The average molecular weight is 326 g/mol. The minimum absolute atomic E-state index is 0.213. The van der Waals surface area contributed by atoms with E-state index in [-0.39, 0.29) is 5.41 Å². The van der Waals surface area contributed by atoms with Gasteiger partial charge in [0.15, 0.2) is 0 Å². The molecule has 4 rings (SSSR count). The molecule has 124 valence electrons. The molecule has 0 amide bonds. The molecule has 0 aliphatic heterocycles. The van der Waals surface area contributed by atoms with Crippen molar-refractivity contribution in [3.8, 4) is 5.75 Å². The van der Waals surface area contributed by atoms with E-state index in [0.717, 1.165) is 18.3 Å². The van der Waals surface area contributed by atoms with E-state index in [1.165, 1.54) is 56.1 Å². The maximum Gasteiger partial charge on any atom is 0.259 e. The van der Waals surface area contributed by atoms with Crippen molar-refractivity contribution in [1.29, 1.82) is 0 Å². The number of ether oxygens (including phenoxy) is 1. The van der Waals surface area contributed by atoms with Gasteiger partial charge in [-0.1, -0.05) is 25.3 Å². The van der Waals surface area contributed by atoms with Gasteiger partial charge in [-0.3, -0.25) is 0 Å². The molecule has 3 atom stereocenters. The van der Waals surface area contributed by atoms with E-state index in [0.29, 0.717) is 5.75 Å². The van der Waals surface area contributed by atoms with Crippen LogP contribution >= 0.6 is 0 Å². The van der Waals surface area contributed by atoms with Crippen LogP contribution in [0.15, 0.2) is 18.2 Å². The average Bonchev–Trinajstić information content (AvgIpc) is 2.55. The van der Waals surface area contributed by atoms with Gasteiger partial charge >= 0.3 is 0 Å². The molecule has 2 saturated carbocycles. The van der Waals surface area contributed by atoms with Crippen LogP contribution in [0.1, 0.15) is 56.1 Å². The SMILES string of the molecule is [B]C([B])(Oc1ccc2c(c1)[C@]13CCCC[C@@H]1[C@@H](CCC3)C2)C(F)F. The maximum absolute atomic E-state index is 12.9. The third-order valence-corrected chi connectivity index (χ3v) is 6.60. The van der Waals surface area contributed by atoms with E-state index in [1.54, 1.807) is 6.07 Å². The first kappa shape index (κ1) is 16.5. The molecule has 4 radical (unpaired) electrons. The molecular formula is C19H22B2F2O. The lowest BCUT2D eigenvalue weighted by atomic mass is 9.49. The number of halogens is 2. The summed E-state index contributed by atoms with van der Waals surface area (Å²) in [5.74, 6) is 1.88. The highest BCUT2D eigenvalue weighted by molar-refractivity contribution is 6.39. The van der Waals surface area contributed by atoms with Gasteiger partial charge in [-0.25, -0.2) is 8.78 Å². The molecule has 0 heterocycles. The van der Waals surface area contributed by atoms with Crippen molar-refractivity contribution in [3.63, 3.8) is 0 Å². The monoisotopic (exact) mass is 326 g/mol. The Morgan fingerprint density at radius 3 is 2.71 bits per heavy atom. The second kappa shape index (κ2) is 5.78. The number of rotatable bonds is 3. The highest BCUT2D eigenvalue weighted by Crippen LogP contribution is 2.59. The molecule has 2 bridgehead atoms. The number of alkyl halides is 2. The van der Waals surface area contributed by atoms with Crippen LogP contribution in [0.5, 0.6) is 5.75 Å². The van der Waals surface area contributed by atoms with Gasteiger partial charge in [-0.15, -0.1) is 0 Å². The summed E-state index contributed by atoms with van der Waals surface area (Å²) < 4.78 is 31.1. The van der Waals surface area contributed by atoms with Gasteiger partial charge in [0.1, 0.15) is 21.4 Å². The van der Waals surface area contributed by atoms with Crippen LogP contribution in [-0.4, -0.2) is 27.5 Å². The minimum Gasteiger partial charge on any atom is -0.501 e. The summed E-state index contributed by atoms with van der Waals surface area (Å²) >= 11 is 0. The molecule has 3 aliphatic rings. The highest BCUT2D eigenvalue weighted by atomic mass is 19.3. The van der Waals surface area contributed by atoms with E-state index in [1.807, 2.05) is 12.1 Å². The Balaban J connectivity index is 1.73. The van der Waals surface area contributed by atoms with E-state index in [4.69, 9.17) is 20.4 Å². The number of hydrogen-bond donors (Lipinski definition) is 0. The van der Waals surface area contributed by atoms with Crippen molar-refractivity contribution in [2.45, 2.75) is 68.6 Å². The Labute approximate surface area is 145 Å². The zero-order chi connectivity index (χ0) is 16.9. The Morgan fingerprint density at radius 1 is 1.12 bits per heavy atom. The Hall–Kier alpha value is -0.990. The van der Waals surface area contributed by atoms with Crippen LogP contribution < -0.4 is 4.74 Å². The van der Waals surface area contributed by atoms with Crippen molar-refractivity contribution in [3.05, 3.63) is 29.3 Å². The summed E-state index contributed by atoms with van der Waals surface area (Å²) in [6.07, 6.45) is 7.03. The van der Waals surface area contributed by atoms with E-state index < -0.39 is 11.8 Å². The lowest BCUT2D eigenvalue weighted by molar-refractivity contribution is 0.0301. The van der Waals surface area contributed by atoms with Crippen LogP contribution in [0.4, 0.5) is 8.78 Å². The molecule has 1 aromatic carbocycles. The predicted molar refractivity (Wildman–Crippen MR) is 92.0 cm³/mol. The van der Waals surface area contributed by atoms with Crippen LogP contribution in [0.25, 0.3) is 0 Å². The zero-order valence-corrected chi connectivity index (χ0v) is 13.9. The van der Waals surface area contributed by atoms with Gasteiger partial charge in [0, 0.05) is 0 Å². The number of benzene rings is 1. The first-order valence-electron chi connectivity index (χ1n) is 9.11. The normalized spacial score (nSPS) is 32.1. The minimum atomic E-state index is -2.94. The predicted octanol–water partition coefficient (Wildman–Crippen LogP) is 4.11. The molecule has 0 saturated heterocycles. The fraction of sp³-hybridized carbons (Fsp3) is 0.684. The molecule has 0 unspecified atom stereocenters. The first-order valence-corrected chi connectivity index (χ1v) is 9.11. The van der Waals surface area contributed by atoms with Crippen LogP contribution in [-0.2, 0) is 11.8 Å². The van der Waals surface area contributed by atoms with Crippen molar-refractivity contribution in [2.75, 3.05) is 0 Å². The molecule has 1 aromatic rings. The zero-order valence-electron chi connectivity index (χ0n) is 13.9. The summed E-state index contributed by atoms with van der Waals surface area (Å²) in [5.41, 5.74) is 2.89. The molecular weight excluding hydrogens is 304 g/mol. The molecule has 3 aliphatic carbocycles. The fourth-order valence-corrected chi connectivity index (χ4v) is 5.65. The van der Waals surface area contributed by atoms with Gasteiger partial charge in [0.05, 0.1) is 5.40 Å². The highest BCUT2D eigenvalue weighted by Gasteiger charge is 2.51. The Morgan fingerprint density at radius 2 is 1.92 bits per heavy atom. The summed E-state index contributed by atoms with van der Waals surface area (Å²) in [6.45, 7) is 0. The summed E-state index contributed by atoms with van der Waals surface area (Å²) in [5, 5.41) is -2.44. The quantitative estimate of drug-likeness (QED) is 0.760. The molecule has 1 nitrogen and oxygen atoms in total.